The van der Waals surface area contributed by atoms with Crippen molar-refractivity contribution in [2.75, 3.05) is 0 Å². The van der Waals surface area contributed by atoms with Gasteiger partial charge in [-0.1, -0.05) is 19.9 Å². The Morgan fingerprint density at radius 1 is 1.33 bits per heavy atom. The second-order valence-corrected chi connectivity index (χ2v) is 6.88. The number of ether oxygens (including phenoxy) is 1. The summed E-state index contributed by atoms with van der Waals surface area (Å²) in [6.07, 6.45) is 4.87. The Labute approximate surface area is 108 Å². The molecule has 3 nitrogen and oxygen atoms in total. The zero-order valence-corrected chi connectivity index (χ0v) is 11.2. The molecule has 1 aliphatic heterocycles. The van der Waals surface area contributed by atoms with Gasteiger partial charge < -0.3 is 9.84 Å². The minimum atomic E-state index is -0.721. The van der Waals surface area contributed by atoms with Crippen molar-refractivity contribution in [3.8, 4) is 0 Å². The molecule has 0 amide bonds. The lowest BCUT2D eigenvalue weighted by Gasteiger charge is -2.55. The Morgan fingerprint density at radius 2 is 2.06 bits per heavy atom. The molecule has 1 saturated heterocycles. The molecular formula is C15H22O3. The van der Waals surface area contributed by atoms with Gasteiger partial charge in [-0.15, -0.1) is 0 Å². The van der Waals surface area contributed by atoms with Crippen molar-refractivity contribution in [3.63, 3.8) is 0 Å². The lowest BCUT2D eigenvalue weighted by atomic mass is 9.52. The van der Waals surface area contributed by atoms with Gasteiger partial charge >= 0.3 is 5.97 Å². The highest BCUT2D eigenvalue weighted by Gasteiger charge is 2.60. The summed E-state index contributed by atoms with van der Waals surface area (Å²) in [5.41, 5.74) is -0.00174. The Hall–Kier alpha value is -0.830. The summed E-state index contributed by atoms with van der Waals surface area (Å²) in [5.74, 6) is -0.0727. The van der Waals surface area contributed by atoms with Crippen molar-refractivity contribution in [1.29, 1.82) is 0 Å². The first-order valence-electron chi connectivity index (χ1n) is 6.97. The molecule has 3 aliphatic rings. The zero-order valence-electron chi connectivity index (χ0n) is 11.2. The van der Waals surface area contributed by atoms with Crippen molar-refractivity contribution in [2.45, 2.75) is 57.7 Å². The second kappa shape index (κ2) is 3.60. The van der Waals surface area contributed by atoms with Crippen LogP contribution < -0.4 is 0 Å². The fourth-order valence-corrected chi connectivity index (χ4v) is 4.70. The van der Waals surface area contributed by atoms with E-state index in [1.165, 1.54) is 0 Å². The molecule has 0 aromatic carbocycles. The molecular weight excluding hydrogens is 228 g/mol. The molecule has 0 bridgehead atoms. The Bertz CT molecular complexity index is 412. The van der Waals surface area contributed by atoms with Crippen molar-refractivity contribution in [2.24, 2.45) is 17.3 Å². The lowest BCUT2D eigenvalue weighted by molar-refractivity contribution is -0.181. The van der Waals surface area contributed by atoms with Crippen LogP contribution in [0.3, 0.4) is 0 Å². The van der Waals surface area contributed by atoms with E-state index >= 15 is 0 Å². The first-order valence-corrected chi connectivity index (χ1v) is 6.97. The van der Waals surface area contributed by atoms with E-state index in [1.807, 2.05) is 6.92 Å². The van der Waals surface area contributed by atoms with E-state index in [0.29, 0.717) is 5.57 Å². The normalized spacial score (nSPS) is 51.6. The summed E-state index contributed by atoms with van der Waals surface area (Å²) in [4.78, 5) is 11.7. The molecule has 18 heavy (non-hydrogen) atoms. The summed E-state index contributed by atoms with van der Waals surface area (Å²) >= 11 is 0. The molecule has 3 rings (SSSR count). The summed E-state index contributed by atoms with van der Waals surface area (Å²) < 4.78 is 5.55. The summed E-state index contributed by atoms with van der Waals surface area (Å²) in [7, 11) is 0. The highest BCUT2D eigenvalue weighted by molar-refractivity contribution is 5.90. The molecule has 2 aliphatic carbocycles. The van der Waals surface area contributed by atoms with Crippen LogP contribution in [-0.4, -0.2) is 22.8 Å². The van der Waals surface area contributed by atoms with Crippen LogP contribution in [0.5, 0.6) is 0 Å². The van der Waals surface area contributed by atoms with E-state index in [1.54, 1.807) is 0 Å². The average molecular weight is 250 g/mol. The molecule has 0 spiro atoms. The number of carbonyl (C=O) groups is 1. The van der Waals surface area contributed by atoms with Crippen molar-refractivity contribution >= 4 is 5.97 Å². The number of carbonyl (C=O) groups excluding carboxylic acids is 1. The molecule has 100 valence electrons. The molecule has 1 N–H and O–H groups in total. The second-order valence-electron chi connectivity index (χ2n) is 6.88. The summed E-state index contributed by atoms with van der Waals surface area (Å²) in [6, 6.07) is 0. The Balaban J connectivity index is 2.00. The van der Waals surface area contributed by atoms with Crippen molar-refractivity contribution in [3.05, 3.63) is 12.2 Å². The third-order valence-electron chi connectivity index (χ3n) is 5.56. The van der Waals surface area contributed by atoms with Crippen LogP contribution in [0.25, 0.3) is 0 Å². The molecule has 0 radical (unpaired) electrons. The molecule has 3 heteroatoms. The SMILES string of the molecule is C=C1C(=O)O[C@H]2C1CC[C@@]1(C)CCC[C@@](C)(O)[C@H]21. The average Bonchev–Trinajstić information content (AvgIpc) is 2.52. The minimum Gasteiger partial charge on any atom is -0.458 e. The van der Waals surface area contributed by atoms with E-state index in [9.17, 15) is 9.90 Å². The van der Waals surface area contributed by atoms with E-state index < -0.39 is 5.60 Å². The van der Waals surface area contributed by atoms with Crippen LogP contribution in [0.4, 0.5) is 0 Å². The number of rotatable bonds is 0. The zero-order chi connectivity index (χ0) is 13.1. The van der Waals surface area contributed by atoms with Gasteiger partial charge in [-0.05, 0) is 38.0 Å². The maximum Gasteiger partial charge on any atom is 0.334 e. The lowest BCUT2D eigenvalue weighted by Crippen LogP contribution is -2.57. The number of esters is 1. The molecule has 1 heterocycles. The molecule has 1 unspecified atom stereocenters. The van der Waals surface area contributed by atoms with E-state index in [-0.39, 0.29) is 29.3 Å². The van der Waals surface area contributed by atoms with Gasteiger partial charge in [-0.3, -0.25) is 0 Å². The predicted molar refractivity (Wildman–Crippen MR) is 67.8 cm³/mol. The molecule has 3 fully saturated rings. The number of fused-ring (bicyclic) bond motifs is 3. The third kappa shape index (κ3) is 1.49. The van der Waals surface area contributed by atoms with Crippen LogP contribution >= 0.6 is 0 Å². The van der Waals surface area contributed by atoms with Gasteiger partial charge in [0, 0.05) is 17.4 Å². The maximum atomic E-state index is 11.7. The van der Waals surface area contributed by atoms with E-state index in [2.05, 4.69) is 13.5 Å². The minimum absolute atomic E-state index is 0.0562. The van der Waals surface area contributed by atoms with Crippen LogP contribution in [0.15, 0.2) is 12.2 Å². The molecule has 5 atom stereocenters. The van der Waals surface area contributed by atoms with Gasteiger partial charge in [0.2, 0.25) is 0 Å². The Kier molecular flexibility index (Phi) is 2.44. The predicted octanol–water partition coefficient (Wildman–Crippen LogP) is 2.44. The monoisotopic (exact) mass is 250 g/mol. The topological polar surface area (TPSA) is 46.5 Å². The van der Waals surface area contributed by atoms with Crippen LogP contribution in [0.2, 0.25) is 0 Å². The number of hydrogen-bond donors (Lipinski definition) is 1. The molecule has 0 aromatic heterocycles. The molecule has 0 aromatic rings. The van der Waals surface area contributed by atoms with Gasteiger partial charge in [0.15, 0.2) is 0 Å². The van der Waals surface area contributed by atoms with E-state index in [0.717, 1.165) is 32.1 Å². The van der Waals surface area contributed by atoms with Crippen LogP contribution in [-0.2, 0) is 9.53 Å². The van der Waals surface area contributed by atoms with Gasteiger partial charge in [0.05, 0.1) is 5.60 Å². The largest absolute Gasteiger partial charge is 0.458 e. The highest BCUT2D eigenvalue weighted by atomic mass is 16.6. The van der Waals surface area contributed by atoms with E-state index in [4.69, 9.17) is 4.74 Å². The quantitative estimate of drug-likeness (QED) is 0.530. The molecule has 2 saturated carbocycles. The van der Waals surface area contributed by atoms with Gasteiger partial charge in [-0.2, -0.15) is 0 Å². The fraction of sp³-hybridized carbons (Fsp3) is 0.800. The first kappa shape index (κ1) is 12.2. The first-order chi connectivity index (χ1) is 8.35. The summed E-state index contributed by atoms with van der Waals surface area (Å²) in [5, 5.41) is 10.7. The highest BCUT2D eigenvalue weighted by Crippen LogP contribution is 2.58. The third-order valence-corrected chi connectivity index (χ3v) is 5.56. The van der Waals surface area contributed by atoms with Crippen molar-refractivity contribution in [1.82, 2.24) is 0 Å². The smallest absolute Gasteiger partial charge is 0.334 e. The van der Waals surface area contributed by atoms with Gasteiger partial charge in [0.25, 0.3) is 0 Å². The van der Waals surface area contributed by atoms with Gasteiger partial charge in [-0.25, -0.2) is 4.79 Å². The summed E-state index contributed by atoms with van der Waals surface area (Å²) in [6.45, 7) is 8.03. The standard InChI is InChI=1S/C15H22O3/c1-9-10-5-8-14(2)6-4-7-15(3,17)12(14)11(10)18-13(9)16/h10-12,17H,1,4-8H2,2-3H3/t10?,11-,12+,14+,15+/m0/s1. The fourth-order valence-electron chi connectivity index (χ4n) is 4.70. The van der Waals surface area contributed by atoms with Crippen molar-refractivity contribution < 1.29 is 14.6 Å². The van der Waals surface area contributed by atoms with Crippen LogP contribution in [0.1, 0.15) is 46.0 Å². The Morgan fingerprint density at radius 3 is 2.78 bits per heavy atom. The number of hydrogen-bond acceptors (Lipinski definition) is 3. The van der Waals surface area contributed by atoms with Gasteiger partial charge in [0.1, 0.15) is 6.10 Å². The van der Waals surface area contributed by atoms with Crippen LogP contribution in [0, 0.1) is 17.3 Å². The number of aliphatic hydroxyl groups is 1. The maximum absolute atomic E-state index is 11.7.